The average molecular weight is 360 g/mol. The number of rotatable bonds is 2. The van der Waals surface area contributed by atoms with Crippen molar-refractivity contribution in [2.45, 2.75) is 6.18 Å². The maximum Gasteiger partial charge on any atom is 0.420 e. The molecule has 9 heteroatoms. The molecule has 0 fully saturated rings. The minimum Gasteiger partial charge on any atom is -0.339 e. The molecule has 1 N–H and O–H groups in total. The van der Waals surface area contributed by atoms with Crippen molar-refractivity contribution in [3.63, 3.8) is 0 Å². The SMILES string of the molecule is Fc1ccc(Nc2nc(Cl)c(C(F)(F)F)c(Cl)c2Cl)cc1. The molecule has 1 aromatic carbocycles. The molecule has 21 heavy (non-hydrogen) atoms. The van der Waals surface area contributed by atoms with Gasteiger partial charge in [0.1, 0.15) is 21.6 Å². The summed E-state index contributed by atoms with van der Waals surface area (Å²) in [6.45, 7) is 0. The molecule has 2 aromatic rings. The van der Waals surface area contributed by atoms with Crippen LogP contribution in [0.15, 0.2) is 24.3 Å². The predicted molar refractivity (Wildman–Crippen MR) is 74.0 cm³/mol. The summed E-state index contributed by atoms with van der Waals surface area (Å²) in [6.07, 6.45) is -4.78. The molecular weight excluding hydrogens is 354 g/mol. The van der Waals surface area contributed by atoms with Crippen LogP contribution in [0.1, 0.15) is 5.56 Å². The van der Waals surface area contributed by atoms with E-state index in [0.717, 1.165) is 12.1 Å². The number of halogens is 7. The van der Waals surface area contributed by atoms with E-state index < -0.39 is 32.8 Å². The fourth-order valence-corrected chi connectivity index (χ4v) is 2.31. The predicted octanol–water partition coefficient (Wildman–Crippen LogP) is 5.94. The van der Waals surface area contributed by atoms with Crippen LogP contribution in [0, 0.1) is 5.82 Å². The van der Waals surface area contributed by atoms with Crippen molar-refractivity contribution in [2.75, 3.05) is 5.32 Å². The van der Waals surface area contributed by atoms with Crippen molar-refractivity contribution in [3.8, 4) is 0 Å². The Labute approximate surface area is 131 Å². The van der Waals surface area contributed by atoms with Crippen molar-refractivity contribution >= 4 is 46.3 Å². The van der Waals surface area contributed by atoms with E-state index in [0.29, 0.717) is 5.69 Å². The second-order valence-corrected chi connectivity index (χ2v) is 5.00. The number of hydrogen-bond donors (Lipinski definition) is 1. The number of anilines is 2. The highest BCUT2D eigenvalue weighted by molar-refractivity contribution is 6.45. The normalized spacial score (nSPS) is 11.6. The summed E-state index contributed by atoms with van der Waals surface area (Å²) in [5.74, 6) is -0.630. The van der Waals surface area contributed by atoms with Gasteiger partial charge in [-0.15, -0.1) is 0 Å². The Morgan fingerprint density at radius 3 is 2.05 bits per heavy atom. The Hall–Kier alpha value is -1.24. The first kappa shape index (κ1) is 16.1. The standard InChI is InChI=1S/C12H5Cl3F4N2/c13-8-7(12(17,18)19)10(15)21-11(9(8)14)20-6-3-1-5(16)2-4-6/h1-4H,(H,20,21). The van der Waals surface area contributed by atoms with Gasteiger partial charge in [0.15, 0.2) is 5.82 Å². The number of alkyl halides is 3. The van der Waals surface area contributed by atoms with Gasteiger partial charge in [0.25, 0.3) is 0 Å². The fraction of sp³-hybridized carbons (Fsp3) is 0.0833. The third-order valence-corrected chi connectivity index (χ3v) is 3.54. The molecule has 1 aromatic heterocycles. The van der Waals surface area contributed by atoms with Crippen molar-refractivity contribution in [2.24, 2.45) is 0 Å². The molecule has 0 bridgehead atoms. The molecule has 1 heterocycles. The van der Waals surface area contributed by atoms with Crippen LogP contribution in [0.4, 0.5) is 29.1 Å². The number of nitrogens with zero attached hydrogens (tertiary/aromatic N) is 1. The summed E-state index contributed by atoms with van der Waals surface area (Å²) in [4.78, 5) is 3.54. The van der Waals surface area contributed by atoms with Crippen molar-refractivity contribution in [1.82, 2.24) is 4.98 Å². The Bertz CT molecular complexity index is 672. The van der Waals surface area contributed by atoms with Crippen molar-refractivity contribution in [1.29, 1.82) is 0 Å². The topological polar surface area (TPSA) is 24.9 Å². The van der Waals surface area contributed by atoms with Gasteiger partial charge in [-0.25, -0.2) is 9.37 Å². The molecule has 0 aliphatic carbocycles. The molecule has 0 aliphatic heterocycles. The Morgan fingerprint density at radius 1 is 0.952 bits per heavy atom. The van der Waals surface area contributed by atoms with Crippen LogP contribution < -0.4 is 5.32 Å². The Morgan fingerprint density at radius 2 is 1.52 bits per heavy atom. The maximum atomic E-state index is 12.8. The highest BCUT2D eigenvalue weighted by Crippen LogP contribution is 2.44. The molecular formula is C12H5Cl3F4N2. The van der Waals surface area contributed by atoms with Crippen LogP contribution in [0.5, 0.6) is 0 Å². The van der Waals surface area contributed by atoms with E-state index in [1.54, 1.807) is 0 Å². The van der Waals surface area contributed by atoms with Gasteiger partial charge >= 0.3 is 6.18 Å². The molecule has 2 nitrogen and oxygen atoms in total. The van der Waals surface area contributed by atoms with Crippen molar-refractivity contribution in [3.05, 3.63) is 50.8 Å². The summed E-state index contributed by atoms with van der Waals surface area (Å²) >= 11 is 16.9. The second kappa shape index (κ2) is 5.87. The van der Waals surface area contributed by atoms with Gasteiger partial charge in [0.2, 0.25) is 0 Å². The molecule has 0 radical (unpaired) electrons. The summed E-state index contributed by atoms with van der Waals surface area (Å²) in [7, 11) is 0. The van der Waals surface area contributed by atoms with Gasteiger partial charge in [-0.1, -0.05) is 34.8 Å². The number of pyridine rings is 1. The van der Waals surface area contributed by atoms with Gasteiger partial charge in [-0.05, 0) is 24.3 Å². The minimum absolute atomic E-state index is 0.161. The highest BCUT2D eigenvalue weighted by Gasteiger charge is 2.38. The molecule has 0 unspecified atom stereocenters. The quantitative estimate of drug-likeness (QED) is 0.530. The van der Waals surface area contributed by atoms with Crippen LogP contribution in [0.25, 0.3) is 0 Å². The molecule has 0 spiro atoms. The van der Waals surface area contributed by atoms with Crippen molar-refractivity contribution < 1.29 is 17.6 Å². The third-order valence-electron chi connectivity index (χ3n) is 2.43. The monoisotopic (exact) mass is 358 g/mol. The Kier molecular flexibility index (Phi) is 4.51. The lowest BCUT2D eigenvalue weighted by molar-refractivity contribution is -0.137. The van der Waals surface area contributed by atoms with Gasteiger partial charge in [0, 0.05) is 5.69 Å². The number of aromatic nitrogens is 1. The highest BCUT2D eigenvalue weighted by atomic mass is 35.5. The third kappa shape index (κ3) is 3.51. The van der Waals surface area contributed by atoms with Gasteiger partial charge in [0.05, 0.1) is 5.02 Å². The minimum atomic E-state index is -4.78. The lowest BCUT2D eigenvalue weighted by Gasteiger charge is -2.15. The molecule has 112 valence electrons. The van der Waals surface area contributed by atoms with Gasteiger partial charge in [-0.2, -0.15) is 13.2 Å². The molecule has 0 amide bonds. The lowest BCUT2D eigenvalue weighted by atomic mass is 10.2. The summed E-state index contributed by atoms with van der Waals surface area (Å²) in [5, 5.41) is 0.593. The van der Waals surface area contributed by atoms with Gasteiger partial charge < -0.3 is 5.32 Å². The first-order valence-electron chi connectivity index (χ1n) is 5.34. The van der Waals surface area contributed by atoms with E-state index in [4.69, 9.17) is 34.8 Å². The van der Waals surface area contributed by atoms with Crippen LogP contribution in [-0.4, -0.2) is 4.98 Å². The summed E-state index contributed by atoms with van der Waals surface area (Å²) < 4.78 is 51.1. The van der Waals surface area contributed by atoms with Crippen LogP contribution in [0.3, 0.4) is 0 Å². The fourth-order valence-electron chi connectivity index (χ4n) is 1.50. The van der Waals surface area contributed by atoms with Crippen LogP contribution in [-0.2, 0) is 6.18 Å². The first-order valence-corrected chi connectivity index (χ1v) is 6.48. The van der Waals surface area contributed by atoms with E-state index >= 15 is 0 Å². The van der Waals surface area contributed by atoms with E-state index in [9.17, 15) is 17.6 Å². The van der Waals surface area contributed by atoms with E-state index in [-0.39, 0.29) is 5.82 Å². The summed E-state index contributed by atoms with van der Waals surface area (Å²) in [5.41, 5.74) is -0.946. The van der Waals surface area contributed by atoms with Crippen LogP contribution >= 0.6 is 34.8 Å². The number of hydrogen-bond acceptors (Lipinski definition) is 2. The zero-order chi connectivity index (χ0) is 15.8. The first-order chi connectivity index (χ1) is 9.70. The largest absolute Gasteiger partial charge is 0.420 e. The van der Waals surface area contributed by atoms with E-state index in [2.05, 4.69) is 10.3 Å². The zero-order valence-electron chi connectivity index (χ0n) is 9.90. The summed E-state index contributed by atoms with van der Waals surface area (Å²) in [6, 6.07) is 5.02. The molecule has 0 saturated heterocycles. The van der Waals surface area contributed by atoms with E-state index in [1.165, 1.54) is 12.1 Å². The zero-order valence-corrected chi connectivity index (χ0v) is 12.2. The van der Waals surface area contributed by atoms with Gasteiger partial charge in [-0.3, -0.25) is 0 Å². The van der Waals surface area contributed by atoms with E-state index in [1.807, 2.05) is 0 Å². The molecule has 0 saturated carbocycles. The maximum absolute atomic E-state index is 12.8. The lowest BCUT2D eigenvalue weighted by Crippen LogP contribution is -2.10. The number of nitrogens with one attached hydrogen (secondary N) is 1. The molecule has 0 aliphatic rings. The second-order valence-electron chi connectivity index (χ2n) is 3.88. The average Bonchev–Trinajstić information content (AvgIpc) is 2.36. The smallest absolute Gasteiger partial charge is 0.339 e. The molecule has 0 atom stereocenters. The molecule has 2 rings (SSSR count). The van der Waals surface area contributed by atoms with Crippen LogP contribution in [0.2, 0.25) is 15.2 Å². The number of benzene rings is 1. The Balaban J connectivity index is 2.45.